The third-order valence-electron chi connectivity index (χ3n) is 1.50. The van der Waals surface area contributed by atoms with Gasteiger partial charge in [0.2, 0.25) is 6.79 Å². The number of rotatable bonds is 4. The van der Waals surface area contributed by atoms with Gasteiger partial charge in [-0.1, -0.05) is 0 Å². The van der Waals surface area contributed by atoms with Crippen LogP contribution in [0, 0.1) is 5.41 Å². The third kappa shape index (κ3) is 5.34. The molecule has 3 N–H and O–H groups in total. The molecule has 88 valence electrons. The summed E-state index contributed by atoms with van der Waals surface area (Å²) in [7, 11) is 0. The lowest BCUT2D eigenvalue weighted by atomic mass is 9.98. The molecule has 1 unspecified atom stereocenters. The Labute approximate surface area is 88.3 Å². The van der Waals surface area contributed by atoms with Crippen LogP contribution in [0.15, 0.2) is 0 Å². The molecule has 6 nitrogen and oxygen atoms in total. The lowest BCUT2D eigenvalue weighted by Crippen LogP contribution is -2.36. The van der Waals surface area contributed by atoms with Gasteiger partial charge < -0.3 is 20.3 Å². The topological polar surface area (TPSA) is 98.9 Å². The number of nitrogens with two attached hydrogens (primary N) is 1. The number of carbonyl (C=O) groups excluding carboxylic acids is 2. The van der Waals surface area contributed by atoms with Crippen molar-refractivity contribution in [1.29, 1.82) is 0 Å². The molecule has 0 fully saturated rings. The van der Waals surface area contributed by atoms with Gasteiger partial charge in [0, 0.05) is 0 Å². The number of ether oxygens (including phenoxy) is 2. The fraction of sp³-hybridized carbons (Fsp3) is 0.778. The highest BCUT2D eigenvalue weighted by atomic mass is 16.7. The van der Waals surface area contributed by atoms with E-state index >= 15 is 0 Å². The summed E-state index contributed by atoms with van der Waals surface area (Å²) >= 11 is 0. The zero-order valence-corrected chi connectivity index (χ0v) is 9.15. The molecule has 0 spiro atoms. The van der Waals surface area contributed by atoms with Crippen molar-refractivity contribution in [3.8, 4) is 0 Å². The molecule has 0 aliphatic rings. The molecule has 0 rings (SSSR count). The summed E-state index contributed by atoms with van der Waals surface area (Å²) in [5.41, 5.74) is 4.51. The summed E-state index contributed by atoms with van der Waals surface area (Å²) in [6.45, 7) is 4.04. The predicted octanol–water partition coefficient (Wildman–Crippen LogP) is -0.604. The number of carbonyl (C=O) groups is 2. The highest BCUT2D eigenvalue weighted by Gasteiger charge is 2.23. The second-order valence-electron chi connectivity index (χ2n) is 4.05. The van der Waals surface area contributed by atoms with Crippen LogP contribution >= 0.6 is 0 Å². The first-order valence-electron chi connectivity index (χ1n) is 4.49. The van der Waals surface area contributed by atoms with Crippen LogP contribution < -0.4 is 5.73 Å². The number of hydrogen-bond donors (Lipinski definition) is 2. The van der Waals surface area contributed by atoms with Crippen molar-refractivity contribution in [1.82, 2.24) is 0 Å². The Kier molecular flexibility index (Phi) is 5.24. The Morgan fingerprint density at radius 1 is 1.33 bits per heavy atom. The Bertz CT molecular complexity index is 233. The van der Waals surface area contributed by atoms with Gasteiger partial charge in [-0.05, 0) is 20.8 Å². The molecular weight excluding hydrogens is 202 g/mol. The van der Waals surface area contributed by atoms with Gasteiger partial charge in [-0.25, -0.2) is 0 Å². The van der Waals surface area contributed by atoms with Gasteiger partial charge in [0.15, 0.2) is 0 Å². The van der Waals surface area contributed by atoms with Gasteiger partial charge >= 0.3 is 11.9 Å². The van der Waals surface area contributed by atoms with Crippen molar-refractivity contribution in [2.24, 2.45) is 11.1 Å². The summed E-state index contributed by atoms with van der Waals surface area (Å²) in [4.78, 5) is 22.1. The van der Waals surface area contributed by atoms with Crippen LogP contribution in [0.4, 0.5) is 0 Å². The minimum absolute atomic E-state index is 0.479. The molecule has 0 saturated carbocycles. The lowest BCUT2D eigenvalue weighted by molar-refractivity contribution is -0.174. The normalized spacial score (nSPS) is 13.1. The Morgan fingerprint density at radius 2 is 1.87 bits per heavy atom. The molecule has 0 aromatic heterocycles. The van der Waals surface area contributed by atoms with E-state index in [-0.39, 0.29) is 0 Å². The molecule has 0 bridgehead atoms. The number of hydrogen-bond acceptors (Lipinski definition) is 6. The van der Waals surface area contributed by atoms with Crippen molar-refractivity contribution in [2.75, 3.05) is 13.4 Å². The molecule has 0 aliphatic heterocycles. The van der Waals surface area contributed by atoms with Crippen LogP contribution in [0.5, 0.6) is 0 Å². The van der Waals surface area contributed by atoms with Gasteiger partial charge in [0.05, 0.1) is 12.0 Å². The molecule has 0 aromatic carbocycles. The molecule has 0 aliphatic carbocycles. The van der Waals surface area contributed by atoms with Crippen molar-refractivity contribution in [3.63, 3.8) is 0 Å². The molecular formula is C9H17NO5. The van der Waals surface area contributed by atoms with Crippen molar-refractivity contribution in [3.05, 3.63) is 0 Å². The Balaban J connectivity index is 3.81. The van der Waals surface area contributed by atoms with E-state index in [1.807, 2.05) is 0 Å². The van der Waals surface area contributed by atoms with Gasteiger partial charge in [-0.15, -0.1) is 0 Å². The van der Waals surface area contributed by atoms with E-state index in [4.69, 9.17) is 10.8 Å². The third-order valence-corrected chi connectivity index (χ3v) is 1.50. The van der Waals surface area contributed by atoms with Crippen molar-refractivity contribution < 1.29 is 24.2 Å². The fourth-order valence-corrected chi connectivity index (χ4v) is 0.539. The molecule has 0 heterocycles. The summed E-state index contributed by atoms with van der Waals surface area (Å²) in [6, 6.07) is -1.10. The minimum atomic E-state index is -1.10. The van der Waals surface area contributed by atoms with E-state index in [1.54, 1.807) is 20.8 Å². The molecule has 0 aromatic rings. The van der Waals surface area contributed by atoms with E-state index < -0.39 is 36.8 Å². The zero-order valence-electron chi connectivity index (χ0n) is 9.15. The van der Waals surface area contributed by atoms with E-state index in [1.165, 1.54) is 0 Å². The first kappa shape index (κ1) is 13.9. The van der Waals surface area contributed by atoms with Gasteiger partial charge in [-0.2, -0.15) is 0 Å². The number of aliphatic hydroxyl groups is 1. The first-order chi connectivity index (χ1) is 6.79. The second kappa shape index (κ2) is 5.67. The second-order valence-corrected chi connectivity index (χ2v) is 4.05. The average Bonchev–Trinajstić information content (AvgIpc) is 2.14. The van der Waals surface area contributed by atoms with Crippen molar-refractivity contribution in [2.45, 2.75) is 26.8 Å². The van der Waals surface area contributed by atoms with E-state index in [2.05, 4.69) is 9.47 Å². The van der Waals surface area contributed by atoms with E-state index in [0.29, 0.717) is 0 Å². The molecule has 6 heteroatoms. The molecule has 1 atom stereocenters. The van der Waals surface area contributed by atoms with Gasteiger partial charge in [0.25, 0.3) is 0 Å². The molecule has 0 saturated heterocycles. The average molecular weight is 219 g/mol. The summed E-state index contributed by atoms with van der Waals surface area (Å²) < 4.78 is 9.15. The van der Waals surface area contributed by atoms with Crippen LogP contribution in [0.2, 0.25) is 0 Å². The number of aliphatic hydroxyl groups excluding tert-OH is 1. The summed E-state index contributed by atoms with van der Waals surface area (Å²) in [5, 5.41) is 8.51. The fourth-order valence-electron chi connectivity index (χ4n) is 0.539. The van der Waals surface area contributed by atoms with E-state index in [9.17, 15) is 9.59 Å². The smallest absolute Gasteiger partial charge is 0.328 e. The monoisotopic (exact) mass is 219 g/mol. The minimum Gasteiger partial charge on any atom is -0.427 e. The first-order valence-corrected chi connectivity index (χ1v) is 4.49. The summed E-state index contributed by atoms with van der Waals surface area (Å²) in [6.07, 6.45) is 0. The Hall–Kier alpha value is -1.14. The largest absolute Gasteiger partial charge is 0.427 e. The van der Waals surface area contributed by atoms with Crippen LogP contribution in [-0.4, -0.2) is 36.5 Å². The van der Waals surface area contributed by atoms with Crippen LogP contribution in [0.3, 0.4) is 0 Å². The quantitative estimate of drug-likeness (QED) is 0.483. The van der Waals surface area contributed by atoms with Crippen LogP contribution in [0.25, 0.3) is 0 Å². The highest BCUT2D eigenvalue weighted by molar-refractivity contribution is 5.77. The summed E-state index contributed by atoms with van der Waals surface area (Å²) in [5.74, 6) is -1.29. The van der Waals surface area contributed by atoms with Crippen LogP contribution in [0.1, 0.15) is 20.8 Å². The standard InChI is InChI=1S/C9H17NO5/c1-9(2,3)8(13)15-5-14-7(12)6(10)4-11/h6,11H,4-5,10H2,1-3H3. The van der Waals surface area contributed by atoms with Crippen molar-refractivity contribution >= 4 is 11.9 Å². The maximum absolute atomic E-state index is 11.2. The lowest BCUT2D eigenvalue weighted by Gasteiger charge is -2.16. The molecule has 0 amide bonds. The molecule has 0 radical (unpaired) electrons. The predicted molar refractivity (Wildman–Crippen MR) is 51.6 cm³/mol. The van der Waals surface area contributed by atoms with Crippen LogP contribution in [-0.2, 0) is 19.1 Å². The SMILES string of the molecule is CC(C)(C)C(=O)OCOC(=O)C(N)CO. The number of esters is 2. The highest BCUT2D eigenvalue weighted by Crippen LogP contribution is 2.14. The maximum Gasteiger partial charge on any atom is 0.328 e. The maximum atomic E-state index is 11.2. The van der Waals surface area contributed by atoms with E-state index in [0.717, 1.165) is 0 Å². The zero-order chi connectivity index (χ0) is 12.1. The Morgan fingerprint density at radius 3 is 2.27 bits per heavy atom. The van der Waals surface area contributed by atoms with Gasteiger partial charge in [-0.3, -0.25) is 9.59 Å². The van der Waals surface area contributed by atoms with Gasteiger partial charge in [0.1, 0.15) is 6.04 Å². The molecule has 15 heavy (non-hydrogen) atoms.